The Morgan fingerprint density at radius 2 is 2.33 bits per heavy atom. The largest absolute Gasteiger partial charge is 0.330 e. The second kappa shape index (κ2) is 4.58. The molecular formula is C9H16N2S. The monoisotopic (exact) mass is 184 g/mol. The third kappa shape index (κ3) is 2.57. The number of rotatable bonds is 4. The lowest BCUT2D eigenvalue weighted by atomic mass is 9.93. The maximum Gasteiger partial charge on any atom is 0.0928 e. The molecule has 0 aliphatic heterocycles. The summed E-state index contributed by atoms with van der Waals surface area (Å²) < 4.78 is 0. The van der Waals surface area contributed by atoms with Gasteiger partial charge in [0.25, 0.3) is 0 Å². The first-order valence-corrected chi connectivity index (χ1v) is 5.20. The number of hydrogen-bond acceptors (Lipinski definition) is 3. The maximum absolute atomic E-state index is 5.67. The van der Waals surface area contributed by atoms with Gasteiger partial charge in [-0.05, 0) is 18.4 Å². The number of nitrogens with two attached hydrogens (primary N) is 1. The number of thiazole rings is 1. The van der Waals surface area contributed by atoms with Crippen LogP contribution in [0.4, 0.5) is 0 Å². The van der Waals surface area contributed by atoms with E-state index in [0.717, 1.165) is 13.0 Å². The van der Waals surface area contributed by atoms with Crippen molar-refractivity contribution in [1.29, 1.82) is 0 Å². The molecule has 1 heterocycles. The minimum atomic E-state index is 0.580. The van der Waals surface area contributed by atoms with E-state index in [1.807, 2.05) is 11.6 Å². The molecule has 12 heavy (non-hydrogen) atoms. The fourth-order valence-corrected chi connectivity index (χ4v) is 1.88. The molecule has 1 rings (SSSR count). The Labute approximate surface area is 77.8 Å². The van der Waals surface area contributed by atoms with Gasteiger partial charge in [-0.15, -0.1) is 11.3 Å². The van der Waals surface area contributed by atoms with Gasteiger partial charge in [-0.2, -0.15) is 0 Å². The van der Waals surface area contributed by atoms with Gasteiger partial charge in [-0.25, -0.2) is 4.98 Å². The molecule has 68 valence electrons. The van der Waals surface area contributed by atoms with Gasteiger partial charge in [0.2, 0.25) is 0 Å². The van der Waals surface area contributed by atoms with E-state index in [1.165, 1.54) is 5.01 Å². The first kappa shape index (κ1) is 9.68. The number of nitrogens with zero attached hydrogens (tertiary/aromatic N) is 1. The van der Waals surface area contributed by atoms with Crippen LogP contribution in [0, 0.1) is 11.8 Å². The highest BCUT2D eigenvalue weighted by Gasteiger charge is 2.12. The van der Waals surface area contributed by atoms with Gasteiger partial charge in [0.15, 0.2) is 0 Å². The summed E-state index contributed by atoms with van der Waals surface area (Å²) in [4.78, 5) is 4.25. The molecule has 0 saturated carbocycles. The average Bonchev–Trinajstić information content (AvgIpc) is 2.51. The molecule has 0 amide bonds. The van der Waals surface area contributed by atoms with Crippen LogP contribution < -0.4 is 5.73 Å². The minimum Gasteiger partial charge on any atom is -0.330 e. The van der Waals surface area contributed by atoms with Crippen LogP contribution in [-0.4, -0.2) is 11.5 Å². The van der Waals surface area contributed by atoms with Gasteiger partial charge >= 0.3 is 0 Å². The second-order valence-corrected chi connectivity index (χ2v) is 4.35. The van der Waals surface area contributed by atoms with E-state index in [9.17, 15) is 0 Å². The molecular weight excluding hydrogens is 168 g/mol. The summed E-state index contributed by atoms with van der Waals surface area (Å²) in [5.74, 6) is 1.23. The molecule has 1 unspecified atom stereocenters. The van der Waals surface area contributed by atoms with Crippen molar-refractivity contribution in [3.05, 3.63) is 16.6 Å². The number of aromatic nitrogens is 1. The molecule has 0 aliphatic rings. The van der Waals surface area contributed by atoms with E-state index in [2.05, 4.69) is 18.8 Å². The molecule has 0 aromatic carbocycles. The van der Waals surface area contributed by atoms with E-state index in [1.54, 1.807) is 11.3 Å². The Bertz CT molecular complexity index is 206. The fraction of sp³-hybridized carbons (Fsp3) is 0.667. The maximum atomic E-state index is 5.67. The lowest BCUT2D eigenvalue weighted by Crippen LogP contribution is -2.21. The fourth-order valence-electron chi connectivity index (χ4n) is 1.17. The zero-order valence-electron chi connectivity index (χ0n) is 7.66. The molecule has 3 heteroatoms. The predicted octanol–water partition coefficient (Wildman–Crippen LogP) is 1.92. The summed E-state index contributed by atoms with van der Waals surface area (Å²) in [5, 5.41) is 3.22. The van der Waals surface area contributed by atoms with Crippen LogP contribution in [0.5, 0.6) is 0 Å². The quantitative estimate of drug-likeness (QED) is 0.776. The molecule has 0 aliphatic carbocycles. The molecule has 2 nitrogen and oxygen atoms in total. The van der Waals surface area contributed by atoms with Crippen LogP contribution >= 0.6 is 11.3 Å². The van der Waals surface area contributed by atoms with Crippen LogP contribution in [0.2, 0.25) is 0 Å². The lowest BCUT2D eigenvalue weighted by Gasteiger charge is -2.16. The summed E-state index contributed by atoms with van der Waals surface area (Å²) in [5.41, 5.74) is 5.67. The molecule has 1 atom stereocenters. The summed E-state index contributed by atoms with van der Waals surface area (Å²) in [6, 6.07) is 0. The summed E-state index contributed by atoms with van der Waals surface area (Å²) in [6.45, 7) is 5.19. The Kier molecular flexibility index (Phi) is 3.69. The van der Waals surface area contributed by atoms with Crippen molar-refractivity contribution in [2.24, 2.45) is 17.6 Å². The average molecular weight is 184 g/mol. The van der Waals surface area contributed by atoms with Crippen LogP contribution in [0.15, 0.2) is 11.6 Å². The van der Waals surface area contributed by atoms with Crippen molar-refractivity contribution in [1.82, 2.24) is 4.98 Å². The van der Waals surface area contributed by atoms with Crippen molar-refractivity contribution in [3.63, 3.8) is 0 Å². The molecule has 0 spiro atoms. The highest BCUT2D eigenvalue weighted by atomic mass is 32.1. The SMILES string of the molecule is CC(C)C(CN)Cc1nccs1. The van der Waals surface area contributed by atoms with Crippen LogP contribution in [0.3, 0.4) is 0 Å². The predicted molar refractivity (Wildman–Crippen MR) is 53.2 cm³/mol. The van der Waals surface area contributed by atoms with Crippen molar-refractivity contribution >= 4 is 11.3 Å². The smallest absolute Gasteiger partial charge is 0.0928 e. The van der Waals surface area contributed by atoms with Gasteiger partial charge in [0, 0.05) is 18.0 Å². The van der Waals surface area contributed by atoms with E-state index in [0.29, 0.717) is 11.8 Å². The molecule has 1 aromatic heterocycles. The third-order valence-corrected chi connectivity index (χ3v) is 2.97. The summed E-state index contributed by atoms with van der Waals surface area (Å²) >= 11 is 1.72. The van der Waals surface area contributed by atoms with Crippen LogP contribution in [-0.2, 0) is 6.42 Å². The van der Waals surface area contributed by atoms with E-state index < -0.39 is 0 Å². The summed E-state index contributed by atoms with van der Waals surface area (Å²) in [6.07, 6.45) is 2.89. The van der Waals surface area contributed by atoms with E-state index in [-0.39, 0.29) is 0 Å². The van der Waals surface area contributed by atoms with Gasteiger partial charge < -0.3 is 5.73 Å². The zero-order valence-corrected chi connectivity index (χ0v) is 8.47. The summed E-state index contributed by atoms with van der Waals surface area (Å²) in [7, 11) is 0. The van der Waals surface area contributed by atoms with Gasteiger partial charge in [0.05, 0.1) is 5.01 Å². The Morgan fingerprint density at radius 3 is 2.75 bits per heavy atom. The van der Waals surface area contributed by atoms with E-state index >= 15 is 0 Å². The molecule has 0 fully saturated rings. The van der Waals surface area contributed by atoms with Crippen molar-refractivity contribution < 1.29 is 0 Å². The van der Waals surface area contributed by atoms with Crippen LogP contribution in [0.25, 0.3) is 0 Å². The Hall–Kier alpha value is -0.410. The van der Waals surface area contributed by atoms with E-state index in [4.69, 9.17) is 5.73 Å². The standard InChI is InChI=1S/C9H16N2S/c1-7(2)8(6-10)5-9-11-3-4-12-9/h3-4,7-8H,5-6,10H2,1-2H3. The van der Waals surface area contributed by atoms with Crippen molar-refractivity contribution in [2.75, 3.05) is 6.54 Å². The molecule has 0 radical (unpaired) electrons. The first-order valence-electron chi connectivity index (χ1n) is 4.32. The van der Waals surface area contributed by atoms with Gasteiger partial charge in [0.1, 0.15) is 0 Å². The molecule has 2 N–H and O–H groups in total. The molecule has 1 aromatic rings. The normalized spacial score (nSPS) is 13.7. The highest BCUT2D eigenvalue weighted by Crippen LogP contribution is 2.17. The minimum absolute atomic E-state index is 0.580. The van der Waals surface area contributed by atoms with Crippen molar-refractivity contribution in [3.8, 4) is 0 Å². The van der Waals surface area contributed by atoms with Crippen molar-refractivity contribution in [2.45, 2.75) is 20.3 Å². The lowest BCUT2D eigenvalue weighted by molar-refractivity contribution is 0.391. The first-order chi connectivity index (χ1) is 5.74. The zero-order chi connectivity index (χ0) is 8.97. The van der Waals surface area contributed by atoms with Gasteiger partial charge in [-0.1, -0.05) is 13.8 Å². The molecule has 0 bridgehead atoms. The highest BCUT2D eigenvalue weighted by molar-refractivity contribution is 7.09. The van der Waals surface area contributed by atoms with Gasteiger partial charge in [-0.3, -0.25) is 0 Å². The Balaban J connectivity index is 2.48. The molecule has 0 saturated heterocycles. The van der Waals surface area contributed by atoms with Crippen LogP contribution in [0.1, 0.15) is 18.9 Å². The number of hydrogen-bond donors (Lipinski definition) is 1. The topological polar surface area (TPSA) is 38.9 Å². The third-order valence-electron chi connectivity index (χ3n) is 2.17. The Morgan fingerprint density at radius 1 is 1.58 bits per heavy atom. The second-order valence-electron chi connectivity index (χ2n) is 3.37.